The SMILES string of the molecule is CCCCCCC(C)NC(=O)C(c1ccccc1)n1cccn1. The smallest absolute Gasteiger partial charge is 0.249 e. The van der Waals surface area contributed by atoms with E-state index in [1.807, 2.05) is 42.6 Å². The van der Waals surface area contributed by atoms with Gasteiger partial charge < -0.3 is 5.32 Å². The Morgan fingerprint density at radius 2 is 1.96 bits per heavy atom. The zero-order valence-electron chi connectivity index (χ0n) is 14.1. The molecule has 124 valence electrons. The molecule has 0 saturated carbocycles. The molecular weight excluding hydrogens is 286 g/mol. The first-order valence-corrected chi connectivity index (χ1v) is 8.56. The van der Waals surface area contributed by atoms with Crippen LogP contribution in [0.5, 0.6) is 0 Å². The summed E-state index contributed by atoms with van der Waals surface area (Å²) in [7, 11) is 0. The van der Waals surface area contributed by atoms with Crippen molar-refractivity contribution in [2.75, 3.05) is 0 Å². The zero-order valence-corrected chi connectivity index (χ0v) is 14.1. The molecule has 2 unspecified atom stereocenters. The zero-order chi connectivity index (χ0) is 16.5. The maximum atomic E-state index is 12.8. The second-order valence-electron chi connectivity index (χ2n) is 6.06. The minimum Gasteiger partial charge on any atom is -0.351 e. The first-order valence-electron chi connectivity index (χ1n) is 8.56. The Hall–Kier alpha value is -2.10. The van der Waals surface area contributed by atoms with Gasteiger partial charge in [-0.15, -0.1) is 0 Å². The number of rotatable bonds is 9. The number of hydrogen-bond acceptors (Lipinski definition) is 2. The van der Waals surface area contributed by atoms with Gasteiger partial charge >= 0.3 is 0 Å². The van der Waals surface area contributed by atoms with Crippen LogP contribution in [0.15, 0.2) is 48.8 Å². The first-order chi connectivity index (χ1) is 11.2. The number of hydrogen-bond donors (Lipinski definition) is 1. The minimum absolute atomic E-state index is 0.00268. The molecule has 0 radical (unpaired) electrons. The molecular formula is C19H27N3O. The van der Waals surface area contributed by atoms with Gasteiger partial charge in [0.15, 0.2) is 6.04 Å². The van der Waals surface area contributed by atoms with Gasteiger partial charge in [-0.1, -0.05) is 62.9 Å². The van der Waals surface area contributed by atoms with E-state index in [0.29, 0.717) is 0 Å². The van der Waals surface area contributed by atoms with Gasteiger partial charge in [0.2, 0.25) is 5.91 Å². The topological polar surface area (TPSA) is 46.9 Å². The van der Waals surface area contributed by atoms with E-state index in [2.05, 4.69) is 24.3 Å². The fourth-order valence-corrected chi connectivity index (χ4v) is 2.76. The summed E-state index contributed by atoms with van der Waals surface area (Å²) in [6.07, 6.45) is 9.45. The first kappa shape index (κ1) is 17.3. The van der Waals surface area contributed by atoms with Crippen molar-refractivity contribution in [2.45, 2.75) is 58.0 Å². The van der Waals surface area contributed by atoms with Gasteiger partial charge in [0.25, 0.3) is 0 Å². The monoisotopic (exact) mass is 313 g/mol. The van der Waals surface area contributed by atoms with Crippen LogP contribution in [-0.4, -0.2) is 21.7 Å². The largest absolute Gasteiger partial charge is 0.351 e. The molecule has 0 aliphatic rings. The molecule has 0 aliphatic heterocycles. The fourth-order valence-electron chi connectivity index (χ4n) is 2.76. The third-order valence-electron chi connectivity index (χ3n) is 4.03. The predicted molar refractivity (Wildman–Crippen MR) is 93.2 cm³/mol. The van der Waals surface area contributed by atoms with Crippen molar-refractivity contribution in [3.63, 3.8) is 0 Å². The molecule has 0 spiro atoms. The minimum atomic E-state index is -0.413. The van der Waals surface area contributed by atoms with Gasteiger partial charge in [0.05, 0.1) is 0 Å². The van der Waals surface area contributed by atoms with Crippen LogP contribution in [0.4, 0.5) is 0 Å². The molecule has 1 N–H and O–H groups in total. The van der Waals surface area contributed by atoms with Crippen LogP contribution in [0.25, 0.3) is 0 Å². The lowest BCUT2D eigenvalue weighted by Gasteiger charge is -2.21. The quantitative estimate of drug-likeness (QED) is 0.713. The number of nitrogens with one attached hydrogen (secondary N) is 1. The second-order valence-corrected chi connectivity index (χ2v) is 6.06. The number of aromatic nitrogens is 2. The summed E-state index contributed by atoms with van der Waals surface area (Å²) >= 11 is 0. The average Bonchev–Trinajstić information content (AvgIpc) is 3.07. The summed E-state index contributed by atoms with van der Waals surface area (Å²) in [5, 5.41) is 7.41. The molecule has 0 bridgehead atoms. The Morgan fingerprint density at radius 1 is 1.17 bits per heavy atom. The number of amides is 1. The van der Waals surface area contributed by atoms with E-state index in [1.54, 1.807) is 10.9 Å². The van der Waals surface area contributed by atoms with E-state index >= 15 is 0 Å². The standard InChI is InChI=1S/C19H27N3O/c1-3-4-5-7-11-16(2)21-19(23)18(22-15-10-14-20-22)17-12-8-6-9-13-17/h6,8-10,12-16,18H,3-5,7,11H2,1-2H3,(H,21,23). The number of nitrogens with zero attached hydrogens (tertiary/aromatic N) is 2. The maximum absolute atomic E-state index is 12.8. The Bertz CT molecular complexity index is 566. The molecule has 1 aromatic heterocycles. The van der Waals surface area contributed by atoms with E-state index in [4.69, 9.17) is 0 Å². The number of benzene rings is 1. The summed E-state index contributed by atoms with van der Waals surface area (Å²) in [4.78, 5) is 12.8. The van der Waals surface area contributed by atoms with Crippen molar-refractivity contribution in [3.8, 4) is 0 Å². The summed E-state index contributed by atoms with van der Waals surface area (Å²) in [5.41, 5.74) is 0.951. The van der Waals surface area contributed by atoms with Gasteiger partial charge in [0.1, 0.15) is 0 Å². The Kier molecular flexibility index (Phi) is 6.85. The number of carbonyl (C=O) groups excluding carboxylic acids is 1. The highest BCUT2D eigenvalue weighted by molar-refractivity contribution is 5.83. The Balaban J connectivity index is 2.00. The van der Waals surface area contributed by atoms with Gasteiger partial charge in [-0.05, 0) is 25.0 Å². The van der Waals surface area contributed by atoms with Crippen LogP contribution in [-0.2, 0) is 4.79 Å². The van der Waals surface area contributed by atoms with Crippen molar-refractivity contribution in [1.29, 1.82) is 0 Å². The van der Waals surface area contributed by atoms with E-state index in [1.165, 1.54) is 19.3 Å². The van der Waals surface area contributed by atoms with Crippen molar-refractivity contribution in [1.82, 2.24) is 15.1 Å². The highest BCUT2D eigenvalue weighted by Gasteiger charge is 2.23. The molecule has 2 atom stereocenters. The van der Waals surface area contributed by atoms with Crippen LogP contribution >= 0.6 is 0 Å². The average molecular weight is 313 g/mol. The summed E-state index contributed by atoms with van der Waals surface area (Å²) < 4.78 is 1.72. The van der Waals surface area contributed by atoms with E-state index in [0.717, 1.165) is 18.4 Å². The lowest BCUT2D eigenvalue weighted by molar-refractivity contribution is -0.124. The Morgan fingerprint density at radius 3 is 2.61 bits per heavy atom. The third-order valence-corrected chi connectivity index (χ3v) is 4.03. The summed E-state index contributed by atoms with van der Waals surface area (Å²) in [6, 6.07) is 11.4. The lowest BCUT2D eigenvalue weighted by atomic mass is 10.0. The molecule has 4 nitrogen and oxygen atoms in total. The lowest BCUT2D eigenvalue weighted by Crippen LogP contribution is -2.39. The summed E-state index contributed by atoms with van der Waals surface area (Å²) in [6.45, 7) is 4.29. The van der Waals surface area contributed by atoms with Gasteiger partial charge in [-0.25, -0.2) is 0 Å². The van der Waals surface area contributed by atoms with Crippen LogP contribution in [0.3, 0.4) is 0 Å². The van der Waals surface area contributed by atoms with Crippen molar-refractivity contribution in [2.24, 2.45) is 0 Å². The second kappa shape index (κ2) is 9.13. The maximum Gasteiger partial charge on any atom is 0.249 e. The van der Waals surface area contributed by atoms with Crippen LogP contribution in [0, 0.1) is 0 Å². The van der Waals surface area contributed by atoms with Crippen molar-refractivity contribution >= 4 is 5.91 Å². The normalized spacial score (nSPS) is 13.5. The molecule has 1 amide bonds. The van der Waals surface area contributed by atoms with Crippen LogP contribution in [0.2, 0.25) is 0 Å². The molecule has 2 aromatic rings. The molecule has 0 fully saturated rings. The summed E-state index contributed by atoms with van der Waals surface area (Å²) in [5.74, 6) is 0.00268. The van der Waals surface area contributed by atoms with Gasteiger partial charge in [-0.3, -0.25) is 9.48 Å². The van der Waals surface area contributed by atoms with Crippen molar-refractivity contribution in [3.05, 3.63) is 54.4 Å². The van der Waals surface area contributed by atoms with Crippen LogP contribution < -0.4 is 5.32 Å². The predicted octanol–water partition coefficient (Wildman–Crippen LogP) is 3.95. The Labute approximate surface area is 138 Å². The van der Waals surface area contributed by atoms with E-state index < -0.39 is 6.04 Å². The molecule has 1 aromatic carbocycles. The number of unbranched alkanes of at least 4 members (excludes halogenated alkanes) is 3. The molecule has 2 rings (SSSR count). The third kappa shape index (κ3) is 5.23. The molecule has 1 heterocycles. The molecule has 0 aliphatic carbocycles. The van der Waals surface area contributed by atoms with Crippen molar-refractivity contribution < 1.29 is 4.79 Å². The molecule has 4 heteroatoms. The number of carbonyl (C=O) groups is 1. The van der Waals surface area contributed by atoms with Gasteiger partial charge in [0, 0.05) is 18.4 Å². The van der Waals surface area contributed by atoms with E-state index in [-0.39, 0.29) is 11.9 Å². The highest BCUT2D eigenvalue weighted by Crippen LogP contribution is 2.18. The molecule has 0 saturated heterocycles. The highest BCUT2D eigenvalue weighted by atomic mass is 16.2. The molecule has 23 heavy (non-hydrogen) atoms. The van der Waals surface area contributed by atoms with Gasteiger partial charge in [-0.2, -0.15) is 5.10 Å². The van der Waals surface area contributed by atoms with E-state index in [9.17, 15) is 4.79 Å². The van der Waals surface area contributed by atoms with Crippen LogP contribution in [0.1, 0.15) is 57.6 Å². The fraction of sp³-hybridized carbons (Fsp3) is 0.474.